The van der Waals surface area contributed by atoms with Gasteiger partial charge in [0.15, 0.2) is 0 Å². The lowest BCUT2D eigenvalue weighted by Crippen LogP contribution is -2.30. The van der Waals surface area contributed by atoms with E-state index < -0.39 is 0 Å². The van der Waals surface area contributed by atoms with E-state index in [1.807, 2.05) is 0 Å². The summed E-state index contributed by atoms with van der Waals surface area (Å²) in [6.07, 6.45) is 0.929. The first kappa shape index (κ1) is 5.79. The molecule has 0 amide bonds. The van der Waals surface area contributed by atoms with Crippen LogP contribution in [0.2, 0.25) is 0 Å². The molecular formula is C6H11NO. The lowest BCUT2D eigenvalue weighted by molar-refractivity contribution is 0.123. The van der Waals surface area contributed by atoms with Gasteiger partial charge in [0.25, 0.3) is 0 Å². The SMILES string of the molecule is C=C1COCCC1N. The van der Waals surface area contributed by atoms with Crippen LogP contribution in [0.15, 0.2) is 12.2 Å². The fourth-order valence-electron chi connectivity index (χ4n) is 0.725. The Balaban J connectivity index is 2.39. The van der Waals surface area contributed by atoms with E-state index in [1.54, 1.807) is 0 Å². The molecule has 1 atom stereocenters. The van der Waals surface area contributed by atoms with E-state index in [9.17, 15) is 0 Å². The molecule has 2 heteroatoms. The molecule has 0 aromatic heterocycles. The Kier molecular flexibility index (Phi) is 1.65. The van der Waals surface area contributed by atoms with Crippen molar-refractivity contribution >= 4 is 0 Å². The van der Waals surface area contributed by atoms with Crippen molar-refractivity contribution in [1.29, 1.82) is 0 Å². The van der Waals surface area contributed by atoms with Crippen molar-refractivity contribution in [3.63, 3.8) is 0 Å². The highest BCUT2D eigenvalue weighted by Crippen LogP contribution is 2.07. The van der Waals surface area contributed by atoms with Gasteiger partial charge in [-0.2, -0.15) is 0 Å². The molecular weight excluding hydrogens is 102 g/mol. The Morgan fingerprint density at radius 1 is 1.75 bits per heavy atom. The van der Waals surface area contributed by atoms with Crippen LogP contribution in [0, 0.1) is 0 Å². The molecule has 0 aliphatic carbocycles. The zero-order chi connectivity index (χ0) is 5.98. The first-order valence-electron chi connectivity index (χ1n) is 2.81. The Morgan fingerprint density at radius 3 is 2.88 bits per heavy atom. The molecule has 8 heavy (non-hydrogen) atoms. The Hall–Kier alpha value is -0.340. The summed E-state index contributed by atoms with van der Waals surface area (Å²) in [7, 11) is 0. The quantitative estimate of drug-likeness (QED) is 0.458. The number of rotatable bonds is 0. The monoisotopic (exact) mass is 113 g/mol. The highest BCUT2D eigenvalue weighted by molar-refractivity contribution is 5.06. The summed E-state index contributed by atoms with van der Waals surface area (Å²) in [4.78, 5) is 0. The van der Waals surface area contributed by atoms with Gasteiger partial charge in [-0.15, -0.1) is 0 Å². The highest BCUT2D eigenvalue weighted by Gasteiger charge is 2.11. The van der Waals surface area contributed by atoms with Crippen molar-refractivity contribution in [3.05, 3.63) is 12.2 Å². The maximum atomic E-state index is 5.60. The van der Waals surface area contributed by atoms with Crippen LogP contribution in [0.4, 0.5) is 0 Å². The fraction of sp³-hybridized carbons (Fsp3) is 0.667. The van der Waals surface area contributed by atoms with E-state index >= 15 is 0 Å². The molecule has 0 aromatic carbocycles. The normalized spacial score (nSPS) is 30.6. The largest absolute Gasteiger partial charge is 0.377 e. The number of hydrogen-bond donors (Lipinski definition) is 1. The number of ether oxygens (including phenoxy) is 1. The zero-order valence-electron chi connectivity index (χ0n) is 4.89. The van der Waals surface area contributed by atoms with Crippen molar-refractivity contribution in [2.24, 2.45) is 5.73 Å². The van der Waals surface area contributed by atoms with E-state index in [0.29, 0.717) is 6.61 Å². The van der Waals surface area contributed by atoms with Crippen LogP contribution in [0.3, 0.4) is 0 Å². The Morgan fingerprint density at radius 2 is 2.50 bits per heavy atom. The van der Waals surface area contributed by atoms with Gasteiger partial charge in [0.1, 0.15) is 0 Å². The van der Waals surface area contributed by atoms with E-state index in [4.69, 9.17) is 10.5 Å². The van der Waals surface area contributed by atoms with E-state index in [1.165, 1.54) is 0 Å². The van der Waals surface area contributed by atoms with Crippen molar-refractivity contribution < 1.29 is 4.74 Å². The first-order valence-corrected chi connectivity index (χ1v) is 2.81. The summed E-state index contributed by atoms with van der Waals surface area (Å²) in [6.45, 7) is 5.19. The van der Waals surface area contributed by atoms with Gasteiger partial charge in [-0.3, -0.25) is 0 Å². The molecule has 0 radical (unpaired) electrons. The number of nitrogens with two attached hydrogens (primary N) is 1. The van der Waals surface area contributed by atoms with Gasteiger partial charge in [-0.25, -0.2) is 0 Å². The van der Waals surface area contributed by atoms with E-state index in [2.05, 4.69) is 6.58 Å². The predicted molar refractivity (Wildman–Crippen MR) is 32.6 cm³/mol. The topological polar surface area (TPSA) is 35.2 Å². The molecule has 0 bridgehead atoms. The minimum atomic E-state index is 0.184. The minimum Gasteiger partial charge on any atom is -0.377 e. The van der Waals surface area contributed by atoms with Crippen molar-refractivity contribution in [1.82, 2.24) is 0 Å². The Bertz CT molecular complexity index is 101. The van der Waals surface area contributed by atoms with Crippen LogP contribution in [0.25, 0.3) is 0 Å². The molecule has 1 heterocycles. The average molecular weight is 113 g/mol. The van der Waals surface area contributed by atoms with Gasteiger partial charge >= 0.3 is 0 Å². The maximum Gasteiger partial charge on any atom is 0.0689 e. The third-order valence-electron chi connectivity index (χ3n) is 1.39. The second-order valence-electron chi connectivity index (χ2n) is 2.11. The standard InChI is InChI=1S/C6H11NO/c1-5-4-8-3-2-6(5)7/h6H,1-4,7H2. The second-order valence-corrected chi connectivity index (χ2v) is 2.11. The third kappa shape index (κ3) is 1.08. The van der Waals surface area contributed by atoms with Gasteiger partial charge in [0.05, 0.1) is 6.61 Å². The average Bonchev–Trinajstić information content (AvgIpc) is 1.77. The summed E-state index contributed by atoms with van der Waals surface area (Å²) in [5.74, 6) is 0. The van der Waals surface area contributed by atoms with E-state index in [-0.39, 0.29) is 6.04 Å². The van der Waals surface area contributed by atoms with Crippen LogP contribution in [-0.2, 0) is 4.74 Å². The van der Waals surface area contributed by atoms with Crippen LogP contribution >= 0.6 is 0 Å². The van der Waals surface area contributed by atoms with E-state index in [0.717, 1.165) is 18.6 Å². The zero-order valence-corrected chi connectivity index (χ0v) is 4.89. The highest BCUT2D eigenvalue weighted by atomic mass is 16.5. The van der Waals surface area contributed by atoms with Gasteiger partial charge in [-0.05, 0) is 12.0 Å². The summed E-state index contributed by atoms with van der Waals surface area (Å²) >= 11 is 0. The second kappa shape index (κ2) is 2.29. The summed E-state index contributed by atoms with van der Waals surface area (Å²) in [6, 6.07) is 0.184. The summed E-state index contributed by atoms with van der Waals surface area (Å²) in [5.41, 5.74) is 6.62. The molecule has 1 aliphatic heterocycles. The van der Waals surface area contributed by atoms with Gasteiger partial charge in [0, 0.05) is 12.6 Å². The van der Waals surface area contributed by atoms with Gasteiger partial charge < -0.3 is 10.5 Å². The van der Waals surface area contributed by atoms with Crippen LogP contribution in [-0.4, -0.2) is 19.3 Å². The molecule has 1 saturated heterocycles. The number of hydrogen-bond acceptors (Lipinski definition) is 2. The van der Waals surface area contributed by atoms with Gasteiger partial charge in [-0.1, -0.05) is 6.58 Å². The molecule has 0 saturated carbocycles. The lowest BCUT2D eigenvalue weighted by atomic mass is 10.1. The van der Waals surface area contributed by atoms with Crippen LogP contribution in [0.5, 0.6) is 0 Å². The molecule has 1 unspecified atom stereocenters. The minimum absolute atomic E-state index is 0.184. The van der Waals surface area contributed by atoms with Crippen molar-refractivity contribution in [2.75, 3.05) is 13.2 Å². The van der Waals surface area contributed by atoms with Gasteiger partial charge in [0.2, 0.25) is 0 Å². The van der Waals surface area contributed by atoms with Crippen LogP contribution in [0.1, 0.15) is 6.42 Å². The predicted octanol–water partition coefficient (Wildman–Crippen LogP) is 0.290. The summed E-state index contributed by atoms with van der Waals surface area (Å²) < 4.78 is 5.07. The van der Waals surface area contributed by atoms with Crippen LogP contribution < -0.4 is 5.73 Å². The molecule has 2 nitrogen and oxygen atoms in total. The maximum absolute atomic E-state index is 5.60. The summed E-state index contributed by atoms with van der Waals surface area (Å²) in [5, 5.41) is 0. The Labute approximate surface area is 49.3 Å². The molecule has 0 spiro atoms. The molecule has 2 N–H and O–H groups in total. The van der Waals surface area contributed by atoms with Crippen molar-refractivity contribution in [3.8, 4) is 0 Å². The van der Waals surface area contributed by atoms with Crippen molar-refractivity contribution in [2.45, 2.75) is 12.5 Å². The first-order chi connectivity index (χ1) is 3.80. The molecule has 0 aromatic rings. The molecule has 1 rings (SSSR count). The molecule has 1 fully saturated rings. The molecule has 1 aliphatic rings. The lowest BCUT2D eigenvalue weighted by Gasteiger charge is -2.20. The smallest absolute Gasteiger partial charge is 0.0689 e. The molecule has 46 valence electrons. The fourth-order valence-corrected chi connectivity index (χ4v) is 0.725. The third-order valence-corrected chi connectivity index (χ3v) is 1.39.